The zero-order valence-electron chi connectivity index (χ0n) is 10.0. The molecule has 1 unspecified atom stereocenters. The third kappa shape index (κ3) is 2.91. The number of aromatic nitrogens is 2. The second kappa shape index (κ2) is 6.10. The zero-order chi connectivity index (χ0) is 12.4. The van der Waals surface area contributed by atoms with Crippen LogP contribution >= 0.6 is 12.4 Å². The summed E-state index contributed by atoms with van der Waals surface area (Å²) in [6.07, 6.45) is 0. The summed E-state index contributed by atoms with van der Waals surface area (Å²) in [5.41, 5.74) is 0.337. The van der Waals surface area contributed by atoms with E-state index in [0.717, 1.165) is 6.54 Å². The molecule has 5 nitrogen and oxygen atoms in total. The highest BCUT2D eigenvalue weighted by atomic mass is 35.5. The van der Waals surface area contributed by atoms with E-state index in [0.29, 0.717) is 24.7 Å². The summed E-state index contributed by atoms with van der Waals surface area (Å²) in [5, 5.41) is 7.00. The second-order valence-corrected chi connectivity index (χ2v) is 4.02. The summed E-state index contributed by atoms with van der Waals surface area (Å²) in [6, 6.07) is 6.22. The number of benzene rings is 1. The molecular weight excluding hydrogens is 273 g/mol. The monoisotopic (exact) mass is 285 g/mol. The van der Waals surface area contributed by atoms with Crippen LogP contribution in [0.15, 0.2) is 28.8 Å². The number of hydrogen-bond acceptors (Lipinski definition) is 5. The van der Waals surface area contributed by atoms with Crippen LogP contribution < -0.4 is 5.32 Å². The first-order valence-corrected chi connectivity index (χ1v) is 5.74. The van der Waals surface area contributed by atoms with Gasteiger partial charge >= 0.3 is 0 Å². The van der Waals surface area contributed by atoms with Gasteiger partial charge in [0.2, 0.25) is 11.7 Å². The highest BCUT2D eigenvalue weighted by molar-refractivity contribution is 5.85. The van der Waals surface area contributed by atoms with Gasteiger partial charge in [-0.05, 0) is 12.1 Å². The molecule has 1 N–H and O–H groups in total. The fourth-order valence-corrected chi connectivity index (χ4v) is 1.85. The fourth-order valence-electron chi connectivity index (χ4n) is 1.85. The number of morpholine rings is 1. The molecule has 1 aliphatic heterocycles. The van der Waals surface area contributed by atoms with Crippen molar-refractivity contribution in [2.45, 2.75) is 6.04 Å². The predicted molar refractivity (Wildman–Crippen MR) is 68.5 cm³/mol. The summed E-state index contributed by atoms with van der Waals surface area (Å²) in [4.78, 5) is 4.20. The maximum atomic E-state index is 13.6. The Morgan fingerprint density at radius 2 is 2.16 bits per heavy atom. The molecule has 2 aromatic rings. The highest BCUT2D eigenvalue weighted by Gasteiger charge is 2.22. The Bertz CT molecular complexity index is 543. The molecule has 1 saturated heterocycles. The van der Waals surface area contributed by atoms with Crippen LogP contribution in [0, 0.1) is 5.82 Å². The van der Waals surface area contributed by atoms with Crippen molar-refractivity contribution in [1.82, 2.24) is 15.5 Å². The number of rotatable bonds is 2. The van der Waals surface area contributed by atoms with Gasteiger partial charge < -0.3 is 14.6 Å². The molecule has 1 aliphatic rings. The fraction of sp³-hybridized carbons (Fsp3) is 0.333. The summed E-state index contributed by atoms with van der Waals surface area (Å²) in [6.45, 7) is 1.89. The molecule has 102 valence electrons. The summed E-state index contributed by atoms with van der Waals surface area (Å²) in [7, 11) is 0. The van der Waals surface area contributed by atoms with Crippen LogP contribution in [0.5, 0.6) is 0 Å². The molecular formula is C12H13ClFN3O2. The van der Waals surface area contributed by atoms with Crippen molar-refractivity contribution in [1.29, 1.82) is 0 Å². The summed E-state index contributed by atoms with van der Waals surface area (Å²) in [5.74, 6) is 0.320. The van der Waals surface area contributed by atoms with Crippen LogP contribution in [0.25, 0.3) is 11.4 Å². The van der Waals surface area contributed by atoms with Crippen molar-refractivity contribution in [3.8, 4) is 11.4 Å². The van der Waals surface area contributed by atoms with Gasteiger partial charge in [-0.15, -0.1) is 12.4 Å². The van der Waals surface area contributed by atoms with E-state index < -0.39 is 0 Å². The minimum Gasteiger partial charge on any atom is -0.378 e. The number of nitrogens with zero attached hydrogens (tertiary/aromatic N) is 2. The van der Waals surface area contributed by atoms with Gasteiger partial charge in [0.15, 0.2) is 0 Å². The van der Waals surface area contributed by atoms with E-state index in [9.17, 15) is 4.39 Å². The van der Waals surface area contributed by atoms with E-state index in [1.807, 2.05) is 0 Å². The van der Waals surface area contributed by atoms with Gasteiger partial charge in [-0.25, -0.2) is 4.39 Å². The Balaban J connectivity index is 0.00000133. The smallest absolute Gasteiger partial charge is 0.246 e. The lowest BCUT2D eigenvalue weighted by Crippen LogP contribution is -2.34. The summed E-state index contributed by atoms with van der Waals surface area (Å²) < 4.78 is 24.0. The van der Waals surface area contributed by atoms with E-state index in [4.69, 9.17) is 9.26 Å². The van der Waals surface area contributed by atoms with Gasteiger partial charge in [0.1, 0.15) is 11.9 Å². The minimum absolute atomic E-state index is 0. The lowest BCUT2D eigenvalue weighted by Gasteiger charge is -2.20. The molecule has 3 rings (SSSR count). The SMILES string of the molecule is Cl.Fc1ccccc1-c1noc(C2COCCN2)n1. The molecule has 0 aliphatic carbocycles. The van der Waals surface area contributed by atoms with Crippen LogP contribution in [0.2, 0.25) is 0 Å². The Kier molecular flexibility index (Phi) is 4.47. The van der Waals surface area contributed by atoms with Crippen molar-refractivity contribution < 1.29 is 13.7 Å². The number of ether oxygens (including phenoxy) is 1. The average Bonchev–Trinajstić information content (AvgIpc) is 2.90. The normalized spacial score (nSPS) is 18.9. The van der Waals surface area contributed by atoms with Crippen molar-refractivity contribution in [3.63, 3.8) is 0 Å². The van der Waals surface area contributed by atoms with Crippen molar-refractivity contribution in [3.05, 3.63) is 36.0 Å². The molecule has 0 saturated carbocycles. The first-order valence-electron chi connectivity index (χ1n) is 5.74. The lowest BCUT2D eigenvalue weighted by atomic mass is 10.2. The molecule has 19 heavy (non-hydrogen) atoms. The maximum Gasteiger partial charge on any atom is 0.246 e. The van der Waals surface area contributed by atoms with Crippen LogP contribution in [0.4, 0.5) is 4.39 Å². The molecule has 2 heterocycles. The van der Waals surface area contributed by atoms with E-state index in [-0.39, 0.29) is 30.1 Å². The minimum atomic E-state index is -0.363. The van der Waals surface area contributed by atoms with Crippen molar-refractivity contribution in [2.75, 3.05) is 19.8 Å². The highest BCUT2D eigenvalue weighted by Crippen LogP contribution is 2.22. The van der Waals surface area contributed by atoms with E-state index in [1.165, 1.54) is 6.07 Å². The van der Waals surface area contributed by atoms with Gasteiger partial charge in [0.25, 0.3) is 0 Å². The standard InChI is InChI=1S/C12H12FN3O2.ClH/c13-9-4-2-1-3-8(9)11-15-12(18-16-11)10-7-17-6-5-14-10;/h1-4,10,14H,5-7H2;1H. The number of halogens is 2. The molecule has 0 amide bonds. The second-order valence-electron chi connectivity index (χ2n) is 4.02. The Morgan fingerprint density at radius 3 is 2.89 bits per heavy atom. The first kappa shape index (κ1) is 13.9. The lowest BCUT2D eigenvalue weighted by molar-refractivity contribution is 0.0659. The molecule has 1 aromatic heterocycles. The maximum absolute atomic E-state index is 13.6. The van der Waals surface area contributed by atoms with Gasteiger partial charge in [-0.2, -0.15) is 4.98 Å². The quantitative estimate of drug-likeness (QED) is 0.914. The third-order valence-corrected chi connectivity index (χ3v) is 2.78. The molecule has 7 heteroatoms. The summed E-state index contributed by atoms with van der Waals surface area (Å²) >= 11 is 0. The number of nitrogens with one attached hydrogen (secondary N) is 1. The largest absolute Gasteiger partial charge is 0.378 e. The van der Waals surface area contributed by atoms with Gasteiger partial charge in [-0.1, -0.05) is 17.3 Å². The molecule has 0 bridgehead atoms. The molecule has 1 aromatic carbocycles. The van der Waals surface area contributed by atoms with Crippen LogP contribution in [-0.2, 0) is 4.74 Å². The van der Waals surface area contributed by atoms with Crippen LogP contribution in [0.3, 0.4) is 0 Å². The third-order valence-electron chi connectivity index (χ3n) is 2.78. The molecule has 1 atom stereocenters. The average molecular weight is 286 g/mol. The van der Waals surface area contributed by atoms with Gasteiger partial charge in [0.05, 0.1) is 18.8 Å². The van der Waals surface area contributed by atoms with Gasteiger partial charge in [0, 0.05) is 6.54 Å². The van der Waals surface area contributed by atoms with Crippen molar-refractivity contribution >= 4 is 12.4 Å². The molecule has 1 fully saturated rings. The van der Waals surface area contributed by atoms with E-state index >= 15 is 0 Å². The Morgan fingerprint density at radius 1 is 1.32 bits per heavy atom. The predicted octanol–water partition coefficient (Wildman–Crippen LogP) is 1.96. The number of hydrogen-bond donors (Lipinski definition) is 1. The Hall–Kier alpha value is -1.50. The first-order chi connectivity index (χ1) is 8.84. The molecule has 0 radical (unpaired) electrons. The zero-order valence-corrected chi connectivity index (χ0v) is 10.8. The topological polar surface area (TPSA) is 60.2 Å². The Labute approximate surface area is 115 Å². The van der Waals surface area contributed by atoms with Crippen LogP contribution in [-0.4, -0.2) is 29.9 Å². The van der Waals surface area contributed by atoms with E-state index in [1.54, 1.807) is 18.2 Å². The van der Waals surface area contributed by atoms with Crippen molar-refractivity contribution in [2.24, 2.45) is 0 Å². The van der Waals surface area contributed by atoms with Gasteiger partial charge in [-0.3, -0.25) is 0 Å². The molecule has 0 spiro atoms. The van der Waals surface area contributed by atoms with Crippen LogP contribution in [0.1, 0.15) is 11.9 Å². The van der Waals surface area contributed by atoms with E-state index in [2.05, 4.69) is 15.5 Å².